The Bertz CT molecular complexity index is 921. The minimum atomic E-state index is -0.0597. The molecule has 0 unspecified atom stereocenters. The molecule has 2 aliphatic rings. The van der Waals surface area contributed by atoms with Gasteiger partial charge in [-0.1, -0.05) is 30.8 Å². The Labute approximate surface area is 200 Å². The summed E-state index contributed by atoms with van der Waals surface area (Å²) in [6.45, 7) is 5.60. The van der Waals surface area contributed by atoms with Gasteiger partial charge in [-0.2, -0.15) is 0 Å². The van der Waals surface area contributed by atoms with Crippen LogP contribution in [-0.4, -0.2) is 58.8 Å². The molecule has 0 atom stereocenters. The van der Waals surface area contributed by atoms with Gasteiger partial charge >= 0.3 is 0 Å². The van der Waals surface area contributed by atoms with Crippen LogP contribution in [-0.2, 0) is 16.0 Å². The van der Waals surface area contributed by atoms with Crippen LogP contribution in [0.4, 0.5) is 11.5 Å². The lowest BCUT2D eigenvalue weighted by molar-refractivity contribution is -0.137. The number of amides is 2. The lowest BCUT2D eigenvalue weighted by atomic mass is 9.94. The number of aryl methyl sites for hydroxylation is 1. The van der Waals surface area contributed by atoms with Crippen molar-refractivity contribution in [2.45, 2.75) is 50.5 Å². The van der Waals surface area contributed by atoms with Gasteiger partial charge in [-0.15, -0.1) is 10.2 Å². The van der Waals surface area contributed by atoms with Gasteiger partial charge in [0.25, 0.3) is 0 Å². The van der Waals surface area contributed by atoms with Crippen LogP contribution in [0.2, 0.25) is 0 Å². The predicted octanol–water partition coefficient (Wildman–Crippen LogP) is 4.00. The molecule has 2 saturated heterocycles. The monoisotopic (exact) mass is 467 g/mol. The molecule has 1 aromatic carbocycles. The normalized spacial score (nSPS) is 17.1. The van der Waals surface area contributed by atoms with Crippen LogP contribution in [0, 0.1) is 5.92 Å². The number of anilines is 2. The summed E-state index contributed by atoms with van der Waals surface area (Å²) in [5, 5.41) is 12.3. The SMILES string of the molecule is CCc1ccc(NC(=O)CSc2ccc(N3CCC(C(=O)N4CCCCC4)CC3)nn2)cc1. The zero-order chi connectivity index (χ0) is 23.0. The van der Waals surface area contributed by atoms with E-state index >= 15 is 0 Å². The third kappa shape index (κ3) is 6.47. The van der Waals surface area contributed by atoms with Crippen molar-refractivity contribution in [3.8, 4) is 0 Å². The molecule has 1 aromatic heterocycles. The van der Waals surface area contributed by atoms with Crippen molar-refractivity contribution in [1.29, 1.82) is 0 Å². The second kappa shape index (κ2) is 11.5. The van der Waals surface area contributed by atoms with E-state index in [2.05, 4.69) is 32.2 Å². The molecule has 176 valence electrons. The lowest BCUT2D eigenvalue weighted by Gasteiger charge is -2.35. The topological polar surface area (TPSA) is 78.4 Å². The van der Waals surface area contributed by atoms with Gasteiger partial charge in [0, 0.05) is 37.8 Å². The fourth-order valence-electron chi connectivity index (χ4n) is 4.45. The van der Waals surface area contributed by atoms with Crippen LogP contribution in [0.15, 0.2) is 41.4 Å². The number of hydrogen-bond acceptors (Lipinski definition) is 6. The van der Waals surface area contributed by atoms with Gasteiger partial charge in [-0.3, -0.25) is 9.59 Å². The number of piperidine rings is 2. The Morgan fingerprint density at radius 3 is 2.33 bits per heavy atom. The predicted molar refractivity (Wildman–Crippen MR) is 133 cm³/mol. The summed E-state index contributed by atoms with van der Waals surface area (Å²) in [5.41, 5.74) is 2.05. The van der Waals surface area contributed by atoms with Crippen molar-refractivity contribution in [3.05, 3.63) is 42.0 Å². The van der Waals surface area contributed by atoms with Crippen LogP contribution in [0.5, 0.6) is 0 Å². The molecule has 0 aliphatic carbocycles. The van der Waals surface area contributed by atoms with Crippen molar-refractivity contribution in [1.82, 2.24) is 15.1 Å². The van der Waals surface area contributed by atoms with Crippen LogP contribution in [0.25, 0.3) is 0 Å². The number of likely N-dealkylation sites (tertiary alicyclic amines) is 1. The molecular weight excluding hydrogens is 434 g/mol. The Balaban J connectivity index is 1.21. The molecule has 2 aromatic rings. The van der Waals surface area contributed by atoms with Crippen molar-refractivity contribution in [2.75, 3.05) is 42.1 Å². The summed E-state index contributed by atoms with van der Waals surface area (Å²) in [6, 6.07) is 11.8. The summed E-state index contributed by atoms with van der Waals surface area (Å²) >= 11 is 1.38. The van der Waals surface area contributed by atoms with Crippen molar-refractivity contribution in [2.24, 2.45) is 5.92 Å². The molecule has 3 heterocycles. The number of aromatic nitrogens is 2. The van der Waals surface area contributed by atoms with E-state index in [1.165, 1.54) is 23.7 Å². The standard InChI is InChI=1S/C25H33N5O2S/c1-2-19-6-8-21(9-7-19)26-23(31)18-33-24-11-10-22(27-28-24)29-16-12-20(13-17-29)25(32)30-14-4-3-5-15-30/h6-11,20H,2-5,12-18H2,1H3,(H,26,31). The van der Waals surface area contributed by atoms with Crippen LogP contribution < -0.4 is 10.2 Å². The molecule has 0 saturated carbocycles. The number of nitrogens with zero attached hydrogens (tertiary/aromatic N) is 4. The Hall–Kier alpha value is -2.61. The summed E-state index contributed by atoms with van der Waals surface area (Å²) in [5.74, 6) is 1.54. The van der Waals surface area contributed by atoms with E-state index in [-0.39, 0.29) is 17.6 Å². The quantitative estimate of drug-likeness (QED) is 0.620. The molecular formula is C25H33N5O2S. The summed E-state index contributed by atoms with van der Waals surface area (Å²) in [7, 11) is 0. The van der Waals surface area contributed by atoms with Gasteiger partial charge in [0.1, 0.15) is 5.03 Å². The van der Waals surface area contributed by atoms with E-state index in [0.717, 1.165) is 74.8 Å². The highest BCUT2D eigenvalue weighted by Crippen LogP contribution is 2.25. The first kappa shape index (κ1) is 23.5. The van der Waals surface area contributed by atoms with Gasteiger partial charge in [-0.05, 0) is 68.4 Å². The van der Waals surface area contributed by atoms with Gasteiger partial charge in [0.15, 0.2) is 5.82 Å². The summed E-state index contributed by atoms with van der Waals surface area (Å²) in [4.78, 5) is 29.3. The van der Waals surface area contributed by atoms with E-state index in [9.17, 15) is 9.59 Å². The Morgan fingerprint density at radius 2 is 1.70 bits per heavy atom. The number of thioether (sulfide) groups is 1. The molecule has 8 heteroatoms. The van der Waals surface area contributed by atoms with Crippen LogP contribution >= 0.6 is 11.8 Å². The highest BCUT2D eigenvalue weighted by molar-refractivity contribution is 7.99. The maximum Gasteiger partial charge on any atom is 0.234 e. The molecule has 4 rings (SSSR count). The molecule has 2 fully saturated rings. The molecule has 0 spiro atoms. The number of carbonyl (C=O) groups is 2. The van der Waals surface area contributed by atoms with Gasteiger partial charge in [0.2, 0.25) is 11.8 Å². The zero-order valence-corrected chi connectivity index (χ0v) is 20.1. The zero-order valence-electron chi connectivity index (χ0n) is 19.3. The first-order valence-corrected chi connectivity index (χ1v) is 13.0. The average Bonchev–Trinajstić information content (AvgIpc) is 2.88. The second-order valence-electron chi connectivity index (χ2n) is 8.76. The fraction of sp³-hybridized carbons (Fsp3) is 0.520. The number of nitrogens with one attached hydrogen (secondary N) is 1. The number of carbonyl (C=O) groups excluding carboxylic acids is 2. The van der Waals surface area contributed by atoms with E-state index < -0.39 is 0 Å². The smallest absolute Gasteiger partial charge is 0.234 e. The lowest BCUT2D eigenvalue weighted by Crippen LogP contribution is -2.44. The average molecular weight is 468 g/mol. The maximum absolute atomic E-state index is 12.8. The Kier molecular flexibility index (Phi) is 8.20. The van der Waals surface area contributed by atoms with E-state index in [1.54, 1.807) is 0 Å². The molecule has 7 nitrogen and oxygen atoms in total. The number of rotatable bonds is 7. The molecule has 1 N–H and O–H groups in total. The molecule has 2 aliphatic heterocycles. The van der Waals surface area contributed by atoms with Crippen LogP contribution in [0.3, 0.4) is 0 Å². The third-order valence-electron chi connectivity index (χ3n) is 6.46. The number of hydrogen-bond donors (Lipinski definition) is 1. The van der Waals surface area contributed by atoms with Gasteiger partial charge in [-0.25, -0.2) is 0 Å². The van der Waals surface area contributed by atoms with Gasteiger partial charge in [0.05, 0.1) is 5.75 Å². The molecule has 0 bridgehead atoms. The molecule has 0 radical (unpaired) electrons. The van der Waals surface area contributed by atoms with Crippen molar-refractivity contribution < 1.29 is 9.59 Å². The summed E-state index contributed by atoms with van der Waals surface area (Å²) in [6.07, 6.45) is 6.23. The minimum absolute atomic E-state index is 0.0597. The second-order valence-corrected chi connectivity index (χ2v) is 9.76. The van der Waals surface area contributed by atoms with Crippen LogP contribution in [0.1, 0.15) is 44.6 Å². The highest BCUT2D eigenvalue weighted by atomic mass is 32.2. The Morgan fingerprint density at radius 1 is 0.970 bits per heavy atom. The van der Waals surface area contributed by atoms with E-state index in [0.29, 0.717) is 5.91 Å². The van der Waals surface area contributed by atoms with Crippen molar-refractivity contribution >= 4 is 35.1 Å². The molecule has 33 heavy (non-hydrogen) atoms. The minimum Gasteiger partial charge on any atom is -0.355 e. The maximum atomic E-state index is 12.8. The first-order valence-electron chi connectivity index (χ1n) is 12.0. The van der Waals surface area contributed by atoms with E-state index in [1.807, 2.05) is 36.4 Å². The number of benzene rings is 1. The highest BCUT2D eigenvalue weighted by Gasteiger charge is 2.29. The van der Waals surface area contributed by atoms with Gasteiger partial charge < -0.3 is 15.1 Å². The van der Waals surface area contributed by atoms with E-state index in [4.69, 9.17) is 0 Å². The first-order chi connectivity index (χ1) is 16.1. The largest absolute Gasteiger partial charge is 0.355 e. The summed E-state index contributed by atoms with van der Waals surface area (Å²) < 4.78 is 0. The fourth-order valence-corrected chi connectivity index (χ4v) is 5.06. The molecule has 2 amide bonds. The third-order valence-corrected chi connectivity index (χ3v) is 7.38. The van der Waals surface area contributed by atoms with Crippen molar-refractivity contribution in [3.63, 3.8) is 0 Å².